The van der Waals surface area contributed by atoms with E-state index in [1.807, 2.05) is 6.20 Å². The molecule has 0 amide bonds. The van der Waals surface area contributed by atoms with Crippen molar-refractivity contribution in [2.45, 2.75) is 18.0 Å². The Morgan fingerprint density at radius 3 is 2.78 bits per heavy atom. The van der Waals surface area contributed by atoms with Gasteiger partial charge in [-0.05, 0) is 24.0 Å². The first-order valence-corrected chi connectivity index (χ1v) is 7.04. The molecule has 96 valence electrons. The lowest BCUT2D eigenvalue weighted by atomic mass is 10.2. The van der Waals surface area contributed by atoms with E-state index in [9.17, 15) is 0 Å². The Balaban J connectivity index is 1.89. The van der Waals surface area contributed by atoms with Crippen LogP contribution in [-0.4, -0.2) is 27.7 Å². The quantitative estimate of drug-likeness (QED) is 0.785. The molecule has 2 aromatic rings. The third-order valence-corrected chi connectivity index (χ3v) is 3.36. The first-order chi connectivity index (χ1) is 8.81. The minimum Gasteiger partial charge on any atom is -0.394 e. The number of hydrogen-bond donors (Lipinski definition) is 2. The second kappa shape index (κ2) is 6.47. The first-order valence-electron chi connectivity index (χ1n) is 5.82. The minimum atomic E-state index is 0.108. The molecule has 4 nitrogen and oxygen atoms in total. The molecule has 2 rings (SSSR count). The van der Waals surface area contributed by atoms with Gasteiger partial charge in [0.1, 0.15) is 0 Å². The number of aliphatic hydroxyl groups is 1. The highest BCUT2D eigenvalue weighted by atomic mass is 32.2. The Labute approximate surface area is 111 Å². The highest BCUT2D eigenvalue weighted by molar-refractivity contribution is 7.98. The lowest BCUT2D eigenvalue weighted by molar-refractivity contribution is 0.269. The lowest BCUT2D eigenvalue weighted by Crippen LogP contribution is -2.02. The molecule has 0 radical (unpaired) electrons. The first kappa shape index (κ1) is 13.0. The van der Waals surface area contributed by atoms with E-state index in [0.29, 0.717) is 6.54 Å². The van der Waals surface area contributed by atoms with Crippen LogP contribution in [0.5, 0.6) is 0 Å². The number of aromatic nitrogens is 2. The van der Waals surface area contributed by atoms with Gasteiger partial charge in [-0.1, -0.05) is 12.1 Å². The summed E-state index contributed by atoms with van der Waals surface area (Å²) < 4.78 is 1.72. The van der Waals surface area contributed by atoms with Gasteiger partial charge in [-0.2, -0.15) is 5.10 Å². The van der Waals surface area contributed by atoms with Gasteiger partial charge in [0.25, 0.3) is 0 Å². The van der Waals surface area contributed by atoms with E-state index in [4.69, 9.17) is 5.11 Å². The predicted molar refractivity (Wildman–Crippen MR) is 74.9 cm³/mol. The van der Waals surface area contributed by atoms with Crippen molar-refractivity contribution in [3.8, 4) is 0 Å². The van der Waals surface area contributed by atoms with Crippen molar-refractivity contribution in [2.75, 3.05) is 18.2 Å². The fourth-order valence-electron chi connectivity index (χ4n) is 1.63. The van der Waals surface area contributed by atoms with Crippen molar-refractivity contribution < 1.29 is 5.11 Å². The van der Waals surface area contributed by atoms with Crippen molar-refractivity contribution in [2.24, 2.45) is 0 Å². The third-order valence-electron chi connectivity index (χ3n) is 2.62. The summed E-state index contributed by atoms with van der Waals surface area (Å²) in [5.41, 5.74) is 2.21. The summed E-state index contributed by atoms with van der Waals surface area (Å²) in [4.78, 5) is 1.27. The minimum absolute atomic E-state index is 0.108. The van der Waals surface area contributed by atoms with Crippen molar-refractivity contribution in [3.63, 3.8) is 0 Å². The van der Waals surface area contributed by atoms with E-state index >= 15 is 0 Å². The third kappa shape index (κ3) is 3.51. The van der Waals surface area contributed by atoms with Crippen LogP contribution in [0.4, 0.5) is 5.69 Å². The average Bonchev–Trinajstić information content (AvgIpc) is 2.85. The molecule has 0 aliphatic heterocycles. The van der Waals surface area contributed by atoms with E-state index in [1.165, 1.54) is 10.5 Å². The molecule has 0 aliphatic rings. The van der Waals surface area contributed by atoms with Crippen molar-refractivity contribution in [1.29, 1.82) is 0 Å². The summed E-state index contributed by atoms with van der Waals surface area (Å²) in [6.45, 7) is 1.42. The average molecular weight is 263 g/mol. The lowest BCUT2D eigenvalue weighted by Gasteiger charge is -2.04. The second-order valence-corrected chi connectivity index (χ2v) is 4.80. The Morgan fingerprint density at radius 2 is 2.11 bits per heavy atom. The van der Waals surface area contributed by atoms with Gasteiger partial charge in [0.2, 0.25) is 0 Å². The number of rotatable bonds is 6. The maximum Gasteiger partial charge on any atom is 0.0729 e. The summed E-state index contributed by atoms with van der Waals surface area (Å²) in [6.07, 6.45) is 5.74. The molecular weight excluding hydrogens is 246 g/mol. The Hall–Kier alpha value is -1.46. The van der Waals surface area contributed by atoms with E-state index in [1.54, 1.807) is 22.6 Å². The van der Waals surface area contributed by atoms with Crippen LogP contribution in [0, 0.1) is 0 Å². The SMILES string of the molecule is CSc1ccc(CNc2cnn(CCO)c2)cc1. The van der Waals surface area contributed by atoms with Crippen LogP contribution in [-0.2, 0) is 13.1 Å². The number of benzene rings is 1. The molecule has 1 heterocycles. The Kier molecular flexibility index (Phi) is 4.66. The largest absolute Gasteiger partial charge is 0.394 e. The number of thioether (sulfide) groups is 1. The molecule has 1 aromatic carbocycles. The Bertz CT molecular complexity index is 481. The summed E-state index contributed by atoms with van der Waals surface area (Å²) in [5.74, 6) is 0. The molecule has 0 spiro atoms. The van der Waals surface area contributed by atoms with Gasteiger partial charge in [0.05, 0.1) is 25.0 Å². The zero-order valence-corrected chi connectivity index (χ0v) is 11.2. The number of anilines is 1. The molecule has 0 aliphatic carbocycles. The molecule has 1 aromatic heterocycles. The van der Waals surface area contributed by atoms with Gasteiger partial charge < -0.3 is 10.4 Å². The van der Waals surface area contributed by atoms with Crippen LogP contribution in [0.15, 0.2) is 41.6 Å². The Morgan fingerprint density at radius 1 is 1.33 bits per heavy atom. The fraction of sp³-hybridized carbons (Fsp3) is 0.308. The van der Waals surface area contributed by atoms with Crippen LogP contribution in [0.3, 0.4) is 0 Å². The summed E-state index contributed by atoms with van der Waals surface area (Å²) >= 11 is 1.74. The topological polar surface area (TPSA) is 50.1 Å². The fourth-order valence-corrected chi connectivity index (χ4v) is 2.04. The number of nitrogens with one attached hydrogen (secondary N) is 1. The monoisotopic (exact) mass is 263 g/mol. The van der Waals surface area contributed by atoms with Crippen molar-refractivity contribution in [1.82, 2.24) is 9.78 Å². The standard InChI is InChI=1S/C13H17N3OS/c1-18-13-4-2-11(3-5-13)8-14-12-9-15-16(10-12)6-7-17/h2-5,9-10,14,17H,6-8H2,1H3. The van der Waals surface area contributed by atoms with Crippen LogP contribution < -0.4 is 5.32 Å². The second-order valence-electron chi connectivity index (χ2n) is 3.92. The van der Waals surface area contributed by atoms with Gasteiger partial charge in [0, 0.05) is 17.6 Å². The maximum atomic E-state index is 8.80. The number of nitrogens with zero attached hydrogens (tertiary/aromatic N) is 2. The van der Waals surface area contributed by atoms with Gasteiger partial charge in [0.15, 0.2) is 0 Å². The molecule has 0 saturated carbocycles. The van der Waals surface area contributed by atoms with Crippen molar-refractivity contribution >= 4 is 17.4 Å². The molecule has 0 fully saturated rings. The molecule has 5 heteroatoms. The highest BCUT2D eigenvalue weighted by Crippen LogP contribution is 2.15. The van der Waals surface area contributed by atoms with Gasteiger partial charge in [-0.25, -0.2) is 0 Å². The van der Waals surface area contributed by atoms with Crippen LogP contribution in [0.1, 0.15) is 5.56 Å². The van der Waals surface area contributed by atoms with Gasteiger partial charge in [-0.3, -0.25) is 4.68 Å². The molecular formula is C13H17N3OS. The van der Waals surface area contributed by atoms with E-state index in [2.05, 4.69) is 40.9 Å². The van der Waals surface area contributed by atoms with Crippen LogP contribution in [0.2, 0.25) is 0 Å². The van der Waals surface area contributed by atoms with Gasteiger partial charge in [-0.15, -0.1) is 11.8 Å². The van der Waals surface area contributed by atoms with Crippen molar-refractivity contribution in [3.05, 3.63) is 42.2 Å². The predicted octanol–water partition coefficient (Wildman–Crippen LogP) is 2.21. The van der Waals surface area contributed by atoms with Crippen LogP contribution in [0.25, 0.3) is 0 Å². The molecule has 0 atom stereocenters. The van der Waals surface area contributed by atoms with E-state index in [-0.39, 0.29) is 6.61 Å². The molecule has 0 bridgehead atoms. The summed E-state index contributed by atoms with van der Waals surface area (Å²) in [6, 6.07) is 8.49. The van der Waals surface area contributed by atoms with Gasteiger partial charge >= 0.3 is 0 Å². The highest BCUT2D eigenvalue weighted by Gasteiger charge is 1.98. The normalized spacial score (nSPS) is 10.6. The summed E-state index contributed by atoms with van der Waals surface area (Å²) in [7, 11) is 0. The van der Waals surface area contributed by atoms with E-state index in [0.717, 1.165) is 12.2 Å². The summed E-state index contributed by atoms with van der Waals surface area (Å²) in [5, 5.41) is 16.2. The zero-order valence-electron chi connectivity index (χ0n) is 10.3. The molecule has 0 unspecified atom stereocenters. The number of hydrogen-bond acceptors (Lipinski definition) is 4. The number of aliphatic hydroxyl groups excluding tert-OH is 1. The van der Waals surface area contributed by atoms with E-state index < -0.39 is 0 Å². The molecule has 0 saturated heterocycles. The maximum absolute atomic E-state index is 8.80. The smallest absolute Gasteiger partial charge is 0.0729 e. The molecule has 18 heavy (non-hydrogen) atoms. The zero-order chi connectivity index (χ0) is 12.8. The molecule has 2 N–H and O–H groups in total. The van der Waals surface area contributed by atoms with Crippen LogP contribution >= 0.6 is 11.8 Å².